The number of esters is 2. The van der Waals surface area contributed by atoms with Crippen molar-refractivity contribution in [3.63, 3.8) is 0 Å². The van der Waals surface area contributed by atoms with E-state index >= 15 is 0 Å². The fourth-order valence-corrected chi connectivity index (χ4v) is 0.526. The van der Waals surface area contributed by atoms with Crippen molar-refractivity contribution < 1.29 is 33.8 Å². The smallest absolute Gasteiger partial charge is 0.337 e. The summed E-state index contributed by atoms with van der Waals surface area (Å²) >= 11 is 0. The summed E-state index contributed by atoms with van der Waals surface area (Å²) in [5.74, 6) is -1.15. The van der Waals surface area contributed by atoms with Crippen LogP contribution >= 0.6 is 0 Å². The minimum absolute atomic E-state index is 0. The van der Waals surface area contributed by atoms with Gasteiger partial charge in [0.2, 0.25) is 0 Å². The summed E-state index contributed by atoms with van der Waals surface area (Å²) in [4.78, 5) is 21.1. The number of carbonyl (C=O) groups excluding carboxylic acids is 2. The summed E-state index contributed by atoms with van der Waals surface area (Å²) in [6, 6.07) is 0. The van der Waals surface area contributed by atoms with Gasteiger partial charge in [-0.2, -0.15) is 0 Å². The molecule has 12 heavy (non-hydrogen) atoms. The van der Waals surface area contributed by atoms with Crippen molar-refractivity contribution in [3.8, 4) is 0 Å². The molecule has 0 aliphatic heterocycles. The first-order valence-corrected chi connectivity index (χ1v) is 3.57. The summed E-state index contributed by atoms with van der Waals surface area (Å²) in [5, 5.41) is 0. The van der Waals surface area contributed by atoms with Gasteiger partial charge in [-0.25, -0.2) is 4.79 Å². The number of ether oxygens (including phenoxy) is 1. The van der Waals surface area contributed by atoms with Crippen LogP contribution < -0.4 is 0 Å². The Labute approximate surface area is 84.9 Å². The molecule has 0 bridgehead atoms. The standard InChI is InChI=1S/C8H12O3.Zn/c1-3-5-6-8(10)11-7(9)4-2;/h4H,2-3,5-6H2,1H3;. The van der Waals surface area contributed by atoms with Gasteiger partial charge in [0.15, 0.2) is 0 Å². The molecule has 0 unspecified atom stereocenters. The van der Waals surface area contributed by atoms with Crippen LogP contribution in [0.2, 0.25) is 0 Å². The third kappa shape index (κ3) is 7.61. The van der Waals surface area contributed by atoms with Crippen LogP contribution in [0.15, 0.2) is 12.7 Å². The number of hydrogen-bond acceptors (Lipinski definition) is 3. The number of hydrogen-bond donors (Lipinski definition) is 0. The average molecular weight is 222 g/mol. The monoisotopic (exact) mass is 220 g/mol. The Bertz CT molecular complexity index is 166. The van der Waals surface area contributed by atoms with Gasteiger partial charge in [-0.05, 0) is 6.42 Å². The van der Waals surface area contributed by atoms with E-state index in [-0.39, 0.29) is 19.5 Å². The molecule has 0 rings (SSSR count). The van der Waals surface area contributed by atoms with Crippen molar-refractivity contribution in [2.24, 2.45) is 0 Å². The molecule has 0 aromatic rings. The summed E-state index contributed by atoms with van der Waals surface area (Å²) < 4.78 is 4.31. The number of carbonyl (C=O) groups is 2. The van der Waals surface area contributed by atoms with Crippen molar-refractivity contribution in [3.05, 3.63) is 12.7 Å². The first-order chi connectivity index (χ1) is 5.20. The third-order valence-corrected chi connectivity index (χ3v) is 1.12. The van der Waals surface area contributed by atoms with Crippen molar-refractivity contribution in [2.75, 3.05) is 0 Å². The molecule has 0 amide bonds. The summed E-state index contributed by atoms with van der Waals surface area (Å²) in [5.41, 5.74) is 0. The fourth-order valence-electron chi connectivity index (χ4n) is 0.526. The predicted octanol–water partition coefficient (Wildman–Crippen LogP) is 1.43. The molecule has 0 aliphatic rings. The zero-order valence-corrected chi connectivity index (χ0v) is 10.3. The maximum absolute atomic E-state index is 10.7. The summed E-state index contributed by atoms with van der Waals surface area (Å²) in [7, 11) is 0. The van der Waals surface area contributed by atoms with Crippen LogP contribution in [0.4, 0.5) is 0 Å². The molecule has 64 valence electrons. The van der Waals surface area contributed by atoms with Gasteiger partial charge in [0.05, 0.1) is 0 Å². The van der Waals surface area contributed by atoms with Crippen LogP contribution in [0.5, 0.6) is 0 Å². The van der Waals surface area contributed by atoms with Gasteiger partial charge >= 0.3 is 11.9 Å². The first kappa shape index (κ1) is 14.1. The van der Waals surface area contributed by atoms with Crippen LogP contribution in [0, 0.1) is 0 Å². The molecule has 0 saturated carbocycles. The first-order valence-electron chi connectivity index (χ1n) is 3.57. The molecule has 0 N–H and O–H groups in total. The third-order valence-electron chi connectivity index (χ3n) is 1.12. The van der Waals surface area contributed by atoms with Crippen molar-refractivity contribution in [1.82, 2.24) is 0 Å². The molecule has 0 fully saturated rings. The molecule has 0 radical (unpaired) electrons. The van der Waals surface area contributed by atoms with Gasteiger partial charge in [0.1, 0.15) is 0 Å². The van der Waals surface area contributed by atoms with Crippen LogP contribution in [0.3, 0.4) is 0 Å². The normalized spacial score (nSPS) is 8.08. The maximum atomic E-state index is 10.7. The second-order valence-corrected chi connectivity index (χ2v) is 2.10. The van der Waals surface area contributed by atoms with E-state index in [0.717, 1.165) is 18.9 Å². The Morgan fingerprint density at radius 3 is 2.50 bits per heavy atom. The van der Waals surface area contributed by atoms with Gasteiger partial charge in [-0.1, -0.05) is 19.9 Å². The Balaban J connectivity index is 0. The van der Waals surface area contributed by atoms with E-state index in [9.17, 15) is 9.59 Å². The molecular weight excluding hydrogens is 209 g/mol. The van der Waals surface area contributed by atoms with Gasteiger partial charge in [0.25, 0.3) is 0 Å². The molecule has 0 aliphatic carbocycles. The SMILES string of the molecule is C=CC(=O)OC(=O)CCCC.[Zn]. The van der Waals surface area contributed by atoms with Gasteiger partial charge in [-0.3, -0.25) is 4.79 Å². The van der Waals surface area contributed by atoms with Crippen LogP contribution in [0.25, 0.3) is 0 Å². The van der Waals surface area contributed by atoms with Gasteiger partial charge in [-0.15, -0.1) is 0 Å². The fraction of sp³-hybridized carbons (Fsp3) is 0.500. The molecule has 4 heteroatoms. The Kier molecular flexibility index (Phi) is 10.1. The molecule has 0 atom stereocenters. The van der Waals surface area contributed by atoms with E-state index in [1.165, 1.54) is 0 Å². The second kappa shape index (κ2) is 8.60. The molecule has 0 spiro atoms. The van der Waals surface area contributed by atoms with Crippen LogP contribution in [0.1, 0.15) is 26.2 Å². The van der Waals surface area contributed by atoms with Crippen molar-refractivity contribution >= 4 is 11.9 Å². The topological polar surface area (TPSA) is 43.4 Å². The summed E-state index contributed by atoms with van der Waals surface area (Å²) in [6.45, 7) is 5.13. The van der Waals surface area contributed by atoms with Gasteiger partial charge < -0.3 is 4.74 Å². The van der Waals surface area contributed by atoms with Crippen LogP contribution in [-0.4, -0.2) is 11.9 Å². The molecule has 0 aromatic carbocycles. The molecule has 0 heterocycles. The Hall–Kier alpha value is -0.497. The molecule has 0 aromatic heterocycles. The van der Waals surface area contributed by atoms with Gasteiger partial charge in [0, 0.05) is 32.0 Å². The summed E-state index contributed by atoms with van der Waals surface area (Å²) in [6.07, 6.45) is 2.95. The predicted molar refractivity (Wildman–Crippen MR) is 40.8 cm³/mol. The van der Waals surface area contributed by atoms with Crippen LogP contribution in [-0.2, 0) is 33.8 Å². The van der Waals surface area contributed by atoms with Crippen molar-refractivity contribution in [2.45, 2.75) is 26.2 Å². The van der Waals surface area contributed by atoms with E-state index in [4.69, 9.17) is 0 Å². The Morgan fingerprint density at radius 2 is 2.08 bits per heavy atom. The second-order valence-electron chi connectivity index (χ2n) is 2.10. The molecular formula is C8H12O3Zn. The largest absolute Gasteiger partial charge is 0.390 e. The zero-order valence-electron chi connectivity index (χ0n) is 7.34. The number of rotatable bonds is 4. The molecule has 3 nitrogen and oxygen atoms in total. The van der Waals surface area contributed by atoms with E-state index in [0.29, 0.717) is 6.42 Å². The minimum Gasteiger partial charge on any atom is -0.390 e. The van der Waals surface area contributed by atoms with E-state index in [2.05, 4.69) is 11.3 Å². The number of unbranched alkanes of at least 4 members (excludes halogenated alkanes) is 1. The maximum Gasteiger partial charge on any atom is 0.337 e. The van der Waals surface area contributed by atoms with E-state index in [1.54, 1.807) is 0 Å². The Morgan fingerprint density at radius 1 is 1.50 bits per heavy atom. The molecule has 0 saturated heterocycles. The minimum atomic E-state index is -0.675. The quantitative estimate of drug-likeness (QED) is 0.312. The van der Waals surface area contributed by atoms with E-state index < -0.39 is 11.9 Å². The zero-order chi connectivity index (χ0) is 8.69. The average Bonchev–Trinajstić information content (AvgIpc) is 2.00. The van der Waals surface area contributed by atoms with Crippen molar-refractivity contribution in [1.29, 1.82) is 0 Å². The van der Waals surface area contributed by atoms with E-state index in [1.807, 2.05) is 6.92 Å².